The van der Waals surface area contributed by atoms with E-state index in [0.717, 1.165) is 10.9 Å². The number of amides is 6. The Morgan fingerprint density at radius 2 is 1.54 bits per heavy atom. The number of fused-ring (bicyclic) bond motifs is 1. The number of hydrogen-bond acceptors (Lipinski definition) is 8. The molecule has 1 aliphatic rings. The van der Waals surface area contributed by atoms with Crippen LogP contribution >= 0.6 is 0 Å². The second-order valence-corrected chi connectivity index (χ2v) is 14.1. The highest BCUT2D eigenvalue weighted by atomic mass is 16.4. The fourth-order valence-corrected chi connectivity index (χ4v) is 6.06. The Balaban J connectivity index is 2.08. The third-order valence-corrected chi connectivity index (χ3v) is 8.99. The lowest BCUT2D eigenvalue weighted by Crippen LogP contribution is -2.57. The first kappa shape index (κ1) is 41.1. The number of rotatable bonds is 9. The zero-order chi connectivity index (χ0) is 38.7. The van der Waals surface area contributed by atoms with Gasteiger partial charge in [0.1, 0.15) is 24.2 Å². The molecule has 2 heterocycles. The molecule has 52 heavy (non-hydrogen) atoms. The number of carbonyl (C=O) groups excluding carboxylic acids is 7. The number of Topliss-reactive ketones (excluding diaryl/α,β-unsaturated/α-hetero) is 1. The first-order valence-electron chi connectivity index (χ1n) is 17.6. The number of carboxylic acids is 1. The van der Waals surface area contributed by atoms with Crippen molar-refractivity contribution in [1.29, 1.82) is 0 Å². The van der Waals surface area contributed by atoms with Gasteiger partial charge < -0.3 is 42.4 Å². The molecule has 6 atom stereocenters. The van der Waals surface area contributed by atoms with E-state index in [-0.39, 0.29) is 44.4 Å². The van der Waals surface area contributed by atoms with Gasteiger partial charge in [-0.05, 0) is 56.1 Å². The molecule has 1 aromatic carbocycles. The van der Waals surface area contributed by atoms with Crippen molar-refractivity contribution < 1.29 is 43.5 Å². The summed E-state index contributed by atoms with van der Waals surface area (Å²) in [6, 6.07) is 1.31. The van der Waals surface area contributed by atoms with Crippen LogP contribution in [-0.4, -0.2) is 87.5 Å². The number of aromatic amines is 1. The number of carbonyl (C=O) groups is 8. The van der Waals surface area contributed by atoms with Crippen molar-refractivity contribution in [2.75, 3.05) is 0 Å². The van der Waals surface area contributed by atoms with Crippen LogP contribution in [0.25, 0.3) is 10.9 Å². The summed E-state index contributed by atoms with van der Waals surface area (Å²) >= 11 is 0. The molecule has 2 aromatic rings. The summed E-state index contributed by atoms with van der Waals surface area (Å²) in [6.07, 6.45) is 0.127. The van der Waals surface area contributed by atoms with Crippen LogP contribution in [0.1, 0.15) is 78.7 Å². The number of hydrogen-bond donors (Lipinski definition) is 8. The monoisotopic (exact) mass is 725 g/mol. The molecule has 3 rings (SSSR count). The maximum Gasteiger partial charge on any atom is 0.303 e. The quantitative estimate of drug-likeness (QED) is 0.180. The first-order chi connectivity index (χ1) is 24.5. The largest absolute Gasteiger partial charge is 0.481 e. The van der Waals surface area contributed by atoms with Gasteiger partial charge in [-0.15, -0.1) is 0 Å². The van der Waals surface area contributed by atoms with Crippen molar-refractivity contribution >= 4 is 58.1 Å². The van der Waals surface area contributed by atoms with Crippen LogP contribution in [0, 0.1) is 17.8 Å². The Morgan fingerprint density at radius 3 is 2.17 bits per heavy atom. The summed E-state index contributed by atoms with van der Waals surface area (Å²) in [7, 11) is 0. The molecule has 1 aliphatic heterocycles. The number of carboxylic acid groups (broad SMARTS) is 1. The van der Waals surface area contributed by atoms with Crippen LogP contribution in [-0.2, 0) is 44.8 Å². The topological polar surface area (TPSA) is 259 Å². The minimum absolute atomic E-state index is 0.0405. The van der Waals surface area contributed by atoms with Gasteiger partial charge in [-0.3, -0.25) is 38.4 Å². The molecular weight excluding hydrogens is 674 g/mol. The predicted octanol–water partition coefficient (Wildman–Crippen LogP) is 0.576. The standard InChI is InChI=1S/C36H51N7O9/c1-18(2)14-27-28(44)16-21(15-22-17-38-24-9-7-6-8-23(22)24)34(50)41-26(11-13-30(46)47)35(51)40-25(32(37)48)10-12-29(45)39-20(5)33(49)43-31(19(3)4)36(52)42-27/h6-9,17-21,25-27,31,38H,10-16H2,1-5H3,(H2,37,48)(H,39,45)(H,40,51)(H,41,50)(H,42,52)(H,43,49)(H,46,47)/t20-,21-,25-,26+,27-,31+/m0/s1. The van der Waals surface area contributed by atoms with E-state index in [4.69, 9.17) is 5.73 Å². The highest BCUT2D eigenvalue weighted by molar-refractivity contribution is 5.97. The number of primary amides is 1. The van der Waals surface area contributed by atoms with E-state index in [9.17, 15) is 43.5 Å². The summed E-state index contributed by atoms with van der Waals surface area (Å²) < 4.78 is 0. The number of H-pyrrole nitrogens is 1. The molecule has 0 spiro atoms. The van der Waals surface area contributed by atoms with E-state index >= 15 is 0 Å². The third-order valence-electron chi connectivity index (χ3n) is 8.99. The van der Waals surface area contributed by atoms with Gasteiger partial charge in [-0.2, -0.15) is 0 Å². The maximum absolute atomic E-state index is 14.1. The van der Waals surface area contributed by atoms with Gasteiger partial charge in [0.25, 0.3) is 0 Å². The molecule has 0 aliphatic carbocycles. The van der Waals surface area contributed by atoms with Crippen molar-refractivity contribution in [3.05, 3.63) is 36.0 Å². The van der Waals surface area contributed by atoms with Crippen LogP contribution in [0.15, 0.2) is 30.5 Å². The van der Waals surface area contributed by atoms with Crippen LogP contribution < -0.4 is 32.3 Å². The lowest BCUT2D eigenvalue weighted by molar-refractivity contribution is -0.139. The molecule has 6 amide bonds. The number of nitrogens with two attached hydrogens (primary N) is 1. The molecule has 0 bridgehead atoms. The Morgan fingerprint density at radius 1 is 0.865 bits per heavy atom. The number of nitrogens with one attached hydrogen (secondary N) is 6. The average Bonchev–Trinajstić information content (AvgIpc) is 3.47. The zero-order valence-corrected chi connectivity index (χ0v) is 30.2. The predicted molar refractivity (Wildman–Crippen MR) is 190 cm³/mol. The zero-order valence-electron chi connectivity index (χ0n) is 30.2. The van der Waals surface area contributed by atoms with Gasteiger partial charge in [-0.25, -0.2) is 0 Å². The summed E-state index contributed by atoms with van der Waals surface area (Å²) in [4.78, 5) is 108. The summed E-state index contributed by atoms with van der Waals surface area (Å²) in [5.41, 5.74) is 7.02. The van der Waals surface area contributed by atoms with Gasteiger partial charge in [-0.1, -0.05) is 45.9 Å². The average molecular weight is 726 g/mol. The van der Waals surface area contributed by atoms with Crippen LogP contribution in [0.3, 0.4) is 0 Å². The lowest BCUT2D eigenvalue weighted by Gasteiger charge is -2.28. The number of para-hydroxylation sites is 1. The Kier molecular flexibility index (Phi) is 14.9. The second kappa shape index (κ2) is 18.8. The van der Waals surface area contributed by atoms with E-state index in [2.05, 4.69) is 31.6 Å². The summed E-state index contributed by atoms with van der Waals surface area (Å²) in [5, 5.41) is 23.1. The number of benzene rings is 1. The molecule has 0 unspecified atom stereocenters. The fraction of sp³-hybridized carbons (Fsp3) is 0.556. The molecule has 9 N–H and O–H groups in total. The van der Waals surface area contributed by atoms with Gasteiger partial charge in [0.15, 0.2) is 5.78 Å². The van der Waals surface area contributed by atoms with Crippen molar-refractivity contribution in [3.63, 3.8) is 0 Å². The van der Waals surface area contributed by atoms with E-state index in [1.54, 1.807) is 20.0 Å². The van der Waals surface area contributed by atoms with E-state index < -0.39 is 95.7 Å². The van der Waals surface area contributed by atoms with Crippen LogP contribution in [0.2, 0.25) is 0 Å². The SMILES string of the molecule is CC(C)C[C@@H]1NC(=O)[C@@H](C(C)C)NC(=O)[C@H](C)NC(=O)CC[C@@H](C(N)=O)NC(=O)[C@@H](CCC(=O)O)NC(=O)[C@@H](Cc2c[nH]c3ccccc23)CC1=O. The highest BCUT2D eigenvalue weighted by Crippen LogP contribution is 2.24. The van der Waals surface area contributed by atoms with Crippen molar-refractivity contribution in [2.45, 2.75) is 110 Å². The molecule has 1 fully saturated rings. The fourth-order valence-electron chi connectivity index (χ4n) is 6.06. The Labute approximate surface area is 302 Å². The van der Waals surface area contributed by atoms with Crippen molar-refractivity contribution in [1.82, 2.24) is 31.6 Å². The molecule has 1 saturated heterocycles. The normalized spacial score (nSPS) is 24.8. The molecule has 16 nitrogen and oxygen atoms in total. The van der Waals surface area contributed by atoms with Gasteiger partial charge in [0.2, 0.25) is 35.4 Å². The van der Waals surface area contributed by atoms with Crippen molar-refractivity contribution in [2.24, 2.45) is 23.5 Å². The summed E-state index contributed by atoms with van der Waals surface area (Å²) in [6.45, 7) is 8.57. The highest BCUT2D eigenvalue weighted by Gasteiger charge is 2.35. The van der Waals surface area contributed by atoms with Crippen molar-refractivity contribution in [3.8, 4) is 0 Å². The van der Waals surface area contributed by atoms with Crippen LogP contribution in [0.5, 0.6) is 0 Å². The molecule has 1 aromatic heterocycles. The maximum atomic E-state index is 14.1. The van der Waals surface area contributed by atoms with Gasteiger partial charge >= 0.3 is 5.97 Å². The molecule has 284 valence electrons. The number of ketones is 1. The van der Waals surface area contributed by atoms with E-state index in [1.165, 1.54) is 6.92 Å². The number of aromatic nitrogens is 1. The summed E-state index contributed by atoms with van der Waals surface area (Å²) in [5.74, 6) is -7.84. The Hall–Kier alpha value is -5.28. The Bertz CT molecular complexity index is 1650. The smallest absolute Gasteiger partial charge is 0.303 e. The van der Waals surface area contributed by atoms with E-state index in [1.807, 2.05) is 38.1 Å². The lowest BCUT2D eigenvalue weighted by atomic mass is 9.88. The minimum atomic E-state index is -1.45. The number of aliphatic carboxylic acids is 1. The van der Waals surface area contributed by atoms with Crippen LogP contribution in [0.4, 0.5) is 0 Å². The molecule has 0 saturated carbocycles. The second-order valence-electron chi connectivity index (χ2n) is 14.1. The minimum Gasteiger partial charge on any atom is -0.481 e. The van der Waals surface area contributed by atoms with E-state index in [0.29, 0.717) is 5.56 Å². The third kappa shape index (κ3) is 11.9. The first-order valence-corrected chi connectivity index (χ1v) is 17.6. The molecule has 0 radical (unpaired) electrons. The molecular formula is C36H51N7O9. The van der Waals surface area contributed by atoms with Gasteiger partial charge in [0.05, 0.1) is 6.04 Å². The molecule has 16 heteroatoms. The van der Waals surface area contributed by atoms with Gasteiger partial charge in [0, 0.05) is 42.3 Å².